The van der Waals surface area contributed by atoms with Gasteiger partial charge in [-0.25, -0.2) is 13.1 Å². The van der Waals surface area contributed by atoms with Crippen LogP contribution in [0.15, 0.2) is 16.3 Å². The molecule has 21 heavy (non-hydrogen) atoms. The van der Waals surface area contributed by atoms with Crippen LogP contribution in [-0.2, 0) is 16.6 Å². The van der Waals surface area contributed by atoms with Crippen molar-refractivity contribution < 1.29 is 8.42 Å². The SMILES string of the molecule is CCNCc1cc(S(=O)(=O)NCC(C2CC2)C2CC2)cs1. The van der Waals surface area contributed by atoms with Crippen LogP contribution in [0.4, 0.5) is 0 Å². The van der Waals surface area contributed by atoms with Crippen molar-refractivity contribution in [3.63, 3.8) is 0 Å². The van der Waals surface area contributed by atoms with E-state index in [0.717, 1.165) is 29.8 Å². The van der Waals surface area contributed by atoms with E-state index in [2.05, 4.69) is 10.0 Å². The predicted molar refractivity (Wildman–Crippen MR) is 85.8 cm³/mol. The number of rotatable bonds is 9. The Hall–Kier alpha value is -0.430. The zero-order chi connectivity index (χ0) is 14.9. The van der Waals surface area contributed by atoms with E-state index in [-0.39, 0.29) is 0 Å². The predicted octanol–water partition coefficient (Wildman–Crippen LogP) is 2.57. The Bertz CT molecular complexity index is 562. The molecule has 2 fully saturated rings. The molecular weight excluding hydrogens is 304 g/mol. The molecule has 1 aromatic rings. The molecule has 6 heteroatoms. The van der Waals surface area contributed by atoms with Crippen LogP contribution in [0.25, 0.3) is 0 Å². The lowest BCUT2D eigenvalue weighted by atomic mass is 9.99. The van der Waals surface area contributed by atoms with Gasteiger partial charge in [-0.1, -0.05) is 6.92 Å². The first-order valence-corrected chi connectivity index (χ1v) is 10.2. The normalized spacial score (nSPS) is 19.3. The second kappa shape index (κ2) is 6.36. The Labute approximate surface area is 131 Å². The average molecular weight is 329 g/mol. The van der Waals surface area contributed by atoms with Gasteiger partial charge in [-0.15, -0.1) is 11.3 Å². The van der Waals surface area contributed by atoms with E-state index in [9.17, 15) is 8.42 Å². The van der Waals surface area contributed by atoms with Crippen LogP contribution in [0.3, 0.4) is 0 Å². The average Bonchev–Trinajstić information content (AvgIpc) is 3.38. The highest BCUT2D eigenvalue weighted by molar-refractivity contribution is 7.89. The molecule has 2 N–H and O–H groups in total. The summed E-state index contributed by atoms with van der Waals surface area (Å²) in [5.74, 6) is 2.11. The zero-order valence-corrected chi connectivity index (χ0v) is 14.1. The lowest BCUT2D eigenvalue weighted by Gasteiger charge is -2.15. The van der Waals surface area contributed by atoms with Gasteiger partial charge in [-0.3, -0.25) is 0 Å². The van der Waals surface area contributed by atoms with Crippen LogP contribution >= 0.6 is 11.3 Å². The van der Waals surface area contributed by atoms with E-state index in [0.29, 0.717) is 17.4 Å². The van der Waals surface area contributed by atoms with Crippen molar-refractivity contribution in [2.75, 3.05) is 13.1 Å². The summed E-state index contributed by atoms with van der Waals surface area (Å²) in [6, 6.07) is 1.79. The van der Waals surface area contributed by atoms with Gasteiger partial charge in [0.2, 0.25) is 10.0 Å². The van der Waals surface area contributed by atoms with Crippen LogP contribution < -0.4 is 10.0 Å². The third-order valence-corrected chi connectivity index (χ3v) is 6.94. The standard InChI is InChI=1S/C15H24N2O2S2/c1-2-16-8-13-7-14(10-20-13)21(18,19)17-9-15(11-3-4-11)12-5-6-12/h7,10-12,15-17H,2-6,8-9H2,1H3. The summed E-state index contributed by atoms with van der Waals surface area (Å²) in [5.41, 5.74) is 0. The quantitative estimate of drug-likeness (QED) is 0.732. The molecule has 1 aromatic heterocycles. The molecule has 0 aromatic carbocycles. The highest BCUT2D eigenvalue weighted by Crippen LogP contribution is 2.48. The molecule has 0 amide bonds. The molecule has 0 saturated heterocycles. The van der Waals surface area contributed by atoms with Crippen LogP contribution in [0.2, 0.25) is 0 Å². The fraction of sp³-hybridized carbons (Fsp3) is 0.733. The molecule has 0 atom stereocenters. The van der Waals surface area contributed by atoms with Gasteiger partial charge in [0, 0.05) is 23.3 Å². The first kappa shape index (κ1) is 15.5. The van der Waals surface area contributed by atoms with Crippen LogP contribution in [0.5, 0.6) is 0 Å². The molecule has 3 rings (SSSR count). The molecule has 2 aliphatic carbocycles. The molecule has 0 radical (unpaired) electrons. The van der Waals surface area contributed by atoms with Gasteiger partial charge in [0.1, 0.15) is 0 Å². The molecule has 0 bridgehead atoms. The highest BCUT2D eigenvalue weighted by Gasteiger charge is 2.41. The van der Waals surface area contributed by atoms with E-state index in [1.807, 2.05) is 6.92 Å². The third-order valence-electron chi connectivity index (χ3n) is 4.45. The van der Waals surface area contributed by atoms with E-state index in [4.69, 9.17) is 0 Å². The Morgan fingerprint density at radius 1 is 1.29 bits per heavy atom. The highest BCUT2D eigenvalue weighted by atomic mass is 32.2. The second-order valence-electron chi connectivity index (χ2n) is 6.22. The second-order valence-corrected chi connectivity index (χ2v) is 8.98. The molecule has 118 valence electrons. The summed E-state index contributed by atoms with van der Waals surface area (Å²) in [6.45, 7) is 4.30. The third kappa shape index (κ3) is 4.06. The van der Waals surface area contributed by atoms with Gasteiger partial charge in [-0.05, 0) is 56.0 Å². The maximum Gasteiger partial charge on any atom is 0.241 e. The molecular formula is C15H24N2O2S2. The Morgan fingerprint density at radius 3 is 2.52 bits per heavy atom. The Kier molecular flexibility index (Phi) is 4.69. The molecule has 1 heterocycles. The van der Waals surface area contributed by atoms with Crippen molar-refractivity contribution in [3.05, 3.63) is 16.3 Å². The minimum Gasteiger partial charge on any atom is -0.312 e. The van der Waals surface area contributed by atoms with Crippen molar-refractivity contribution in [1.82, 2.24) is 10.0 Å². The maximum absolute atomic E-state index is 12.4. The molecule has 4 nitrogen and oxygen atoms in total. The number of hydrogen-bond donors (Lipinski definition) is 2. The van der Waals surface area contributed by atoms with E-state index < -0.39 is 10.0 Å². The zero-order valence-electron chi connectivity index (χ0n) is 12.5. The monoisotopic (exact) mass is 328 g/mol. The van der Waals surface area contributed by atoms with Gasteiger partial charge in [0.25, 0.3) is 0 Å². The lowest BCUT2D eigenvalue weighted by molar-refractivity contribution is 0.401. The summed E-state index contributed by atoms with van der Waals surface area (Å²) in [7, 11) is -3.34. The van der Waals surface area contributed by atoms with Gasteiger partial charge < -0.3 is 5.32 Å². The summed E-state index contributed by atoms with van der Waals surface area (Å²) < 4.78 is 27.6. The molecule has 2 saturated carbocycles. The molecule has 2 aliphatic rings. The molecule has 0 spiro atoms. The smallest absolute Gasteiger partial charge is 0.241 e. The minimum absolute atomic E-state index is 0.422. The van der Waals surface area contributed by atoms with Crippen molar-refractivity contribution >= 4 is 21.4 Å². The number of thiophene rings is 1. The van der Waals surface area contributed by atoms with Gasteiger partial charge in [0.05, 0.1) is 4.90 Å². The lowest BCUT2D eigenvalue weighted by Crippen LogP contribution is -2.31. The van der Waals surface area contributed by atoms with Crippen molar-refractivity contribution in [2.45, 2.75) is 44.0 Å². The maximum atomic E-state index is 12.4. The summed E-state index contributed by atoms with van der Waals surface area (Å²) in [4.78, 5) is 1.49. The van der Waals surface area contributed by atoms with Crippen LogP contribution in [0.1, 0.15) is 37.5 Å². The largest absolute Gasteiger partial charge is 0.312 e. The van der Waals surface area contributed by atoms with E-state index in [1.165, 1.54) is 37.0 Å². The van der Waals surface area contributed by atoms with Crippen LogP contribution in [-0.4, -0.2) is 21.5 Å². The van der Waals surface area contributed by atoms with Gasteiger partial charge in [-0.2, -0.15) is 0 Å². The van der Waals surface area contributed by atoms with Crippen molar-refractivity contribution in [2.24, 2.45) is 17.8 Å². The number of sulfonamides is 1. The fourth-order valence-corrected chi connectivity index (χ4v) is 5.22. The van der Waals surface area contributed by atoms with Gasteiger partial charge in [0.15, 0.2) is 0 Å². The summed E-state index contributed by atoms with van der Waals surface area (Å²) >= 11 is 1.51. The first-order chi connectivity index (χ1) is 10.1. The Morgan fingerprint density at radius 2 is 1.95 bits per heavy atom. The topological polar surface area (TPSA) is 58.2 Å². The van der Waals surface area contributed by atoms with Crippen molar-refractivity contribution in [3.8, 4) is 0 Å². The van der Waals surface area contributed by atoms with E-state index in [1.54, 1.807) is 11.4 Å². The van der Waals surface area contributed by atoms with Crippen molar-refractivity contribution in [1.29, 1.82) is 0 Å². The fourth-order valence-electron chi connectivity index (χ4n) is 2.90. The van der Waals surface area contributed by atoms with E-state index >= 15 is 0 Å². The minimum atomic E-state index is -3.34. The number of hydrogen-bond acceptors (Lipinski definition) is 4. The molecule has 0 aliphatic heterocycles. The first-order valence-electron chi connectivity index (χ1n) is 7.88. The van der Waals surface area contributed by atoms with Gasteiger partial charge >= 0.3 is 0 Å². The summed E-state index contributed by atoms with van der Waals surface area (Å²) in [5, 5.41) is 4.97. The molecule has 0 unspecified atom stereocenters. The Balaban J connectivity index is 1.58. The van der Waals surface area contributed by atoms with Crippen LogP contribution in [0, 0.1) is 17.8 Å². The number of nitrogens with one attached hydrogen (secondary N) is 2. The summed E-state index contributed by atoms with van der Waals surface area (Å²) in [6.07, 6.45) is 5.14.